The van der Waals surface area contributed by atoms with Crippen molar-refractivity contribution in [3.63, 3.8) is 0 Å². The van der Waals surface area contributed by atoms with Crippen LogP contribution in [0.4, 0.5) is 0 Å². The average molecular weight is 287 g/mol. The van der Waals surface area contributed by atoms with Gasteiger partial charge in [0.15, 0.2) is 0 Å². The maximum atomic E-state index is 5.73. The lowest BCUT2D eigenvalue weighted by Crippen LogP contribution is -2.23. The summed E-state index contributed by atoms with van der Waals surface area (Å²) in [5.41, 5.74) is 1.91. The van der Waals surface area contributed by atoms with Crippen LogP contribution in [0.2, 0.25) is 0 Å². The molecule has 0 aliphatic carbocycles. The zero-order valence-corrected chi connectivity index (χ0v) is 12.7. The molecule has 1 aromatic carbocycles. The van der Waals surface area contributed by atoms with Gasteiger partial charge in [-0.05, 0) is 19.5 Å². The lowest BCUT2D eigenvalue weighted by Gasteiger charge is -2.21. The molecule has 1 aromatic heterocycles. The second-order valence-corrected chi connectivity index (χ2v) is 4.45. The third-order valence-electron chi connectivity index (χ3n) is 3.11. The van der Waals surface area contributed by atoms with Crippen molar-refractivity contribution < 1.29 is 9.47 Å². The highest BCUT2D eigenvalue weighted by atomic mass is 16.5. The molecule has 1 N–H and O–H groups in total. The van der Waals surface area contributed by atoms with E-state index in [4.69, 9.17) is 9.47 Å². The summed E-state index contributed by atoms with van der Waals surface area (Å²) in [7, 11) is 1.60. The number of nitrogens with one attached hydrogen (secondary N) is 1. The van der Waals surface area contributed by atoms with Crippen LogP contribution in [-0.4, -0.2) is 30.2 Å². The second kappa shape index (κ2) is 7.59. The first-order valence-electron chi connectivity index (χ1n) is 7.11. The van der Waals surface area contributed by atoms with Crippen LogP contribution in [0.25, 0.3) is 0 Å². The van der Waals surface area contributed by atoms with Gasteiger partial charge in [-0.3, -0.25) is 0 Å². The van der Waals surface area contributed by atoms with E-state index in [1.165, 1.54) is 6.33 Å². The van der Waals surface area contributed by atoms with Crippen LogP contribution in [0.5, 0.6) is 11.6 Å². The van der Waals surface area contributed by atoms with E-state index in [0.29, 0.717) is 12.5 Å². The van der Waals surface area contributed by atoms with Gasteiger partial charge in [0.2, 0.25) is 5.88 Å². The third kappa shape index (κ3) is 3.70. The van der Waals surface area contributed by atoms with E-state index < -0.39 is 0 Å². The van der Waals surface area contributed by atoms with Gasteiger partial charge in [-0.1, -0.05) is 25.1 Å². The molecule has 0 spiro atoms. The van der Waals surface area contributed by atoms with Gasteiger partial charge in [0.25, 0.3) is 0 Å². The van der Waals surface area contributed by atoms with Crippen molar-refractivity contribution in [2.45, 2.75) is 19.9 Å². The maximum absolute atomic E-state index is 5.73. The molecule has 0 aliphatic heterocycles. The predicted molar refractivity (Wildman–Crippen MR) is 81.7 cm³/mol. The monoisotopic (exact) mass is 287 g/mol. The number of hydrogen-bond donors (Lipinski definition) is 1. The van der Waals surface area contributed by atoms with Gasteiger partial charge >= 0.3 is 0 Å². The summed E-state index contributed by atoms with van der Waals surface area (Å²) in [6.45, 7) is 5.49. The van der Waals surface area contributed by atoms with Crippen LogP contribution in [0.1, 0.15) is 31.1 Å². The number of nitrogens with zero attached hydrogens (tertiary/aromatic N) is 2. The molecule has 5 heteroatoms. The van der Waals surface area contributed by atoms with Gasteiger partial charge in [0.05, 0.1) is 25.5 Å². The topological polar surface area (TPSA) is 56.3 Å². The predicted octanol–water partition coefficient (Wildman–Crippen LogP) is 2.58. The van der Waals surface area contributed by atoms with Crippen molar-refractivity contribution in [1.82, 2.24) is 15.3 Å². The normalized spacial score (nSPS) is 12.0. The van der Waals surface area contributed by atoms with E-state index in [1.807, 2.05) is 37.3 Å². The van der Waals surface area contributed by atoms with Gasteiger partial charge in [0.1, 0.15) is 12.1 Å². The molecule has 0 amide bonds. The molecule has 1 atom stereocenters. The van der Waals surface area contributed by atoms with Crippen LogP contribution in [0.3, 0.4) is 0 Å². The number of hydrogen-bond acceptors (Lipinski definition) is 5. The van der Waals surface area contributed by atoms with Crippen molar-refractivity contribution in [2.75, 3.05) is 20.3 Å². The molecule has 0 fully saturated rings. The minimum atomic E-state index is -0.0605. The second-order valence-electron chi connectivity index (χ2n) is 4.45. The third-order valence-corrected chi connectivity index (χ3v) is 3.11. The first-order chi connectivity index (χ1) is 10.3. The minimum Gasteiger partial charge on any atom is -0.494 e. The van der Waals surface area contributed by atoms with E-state index in [1.54, 1.807) is 7.11 Å². The van der Waals surface area contributed by atoms with E-state index >= 15 is 0 Å². The first kappa shape index (κ1) is 15.3. The van der Waals surface area contributed by atoms with Crippen LogP contribution in [-0.2, 0) is 0 Å². The van der Waals surface area contributed by atoms with Gasteiger partial charge in [-0.2, -0.15) is 0 Å². The molecule has 5 nitrogen and oxygen atoms in total. The fourth-order valence-corrected chi connectivity index (χ4v) is 2.21. The Morgan fingerprint density at radius 3 is 2.71 bits per heavy atom. The number of rotatable bonds is 7. The SMILES string of the molecule is CCNC(c1cc(OC)ncn1)c1ccccc1OCC. The molecule has 0 saturated carbocycles. The summed E-state index contributed by atoms with van der Waals surface area (Å²) in [6.07, 6.45) is 1.52. The standard InChI is InChI=1S/C16H21N3O2/c1-4-17-16(13-10-15(20-3)19-11-18-13)12-8-6-7-9-14(12)21-5-2/h6-11,16-17H,4-5H2,1-3H3. The summed E-state index contributed by atoms with van der Waals surface area (Å²) in [5, 5.41) is 3.44. The molecule has 0 aliphatic rings. The van der Waals surface area contributed by atoms with Gasteiger partial charge in [-0.15, -0.1) is 0 Å². The van der Waals surface area contributed by atoms with Crippen LogP contribution >= 0.6 is 0 Å². The smallest absolute Gasteiger partial charge is 0.216 e. The van der Waals surface area contributed by atoms with Crippen LogP contribution < -0.4 is 14.8 Å². The number of aromatic nitrogens is 2. The Labute approximate surface area is 125 Å². The van der Waals surface area contributed by atoms with E-state index in [9.17, 15) is 0 Å². The Bertz CT molecular complexity index is 575. The van der Waals surface area contributed by atoms with Crippen molar-refractivity contribution in [1.29, 1.82) is 0 Å². The molecule has 21 heavy (non-hydrogen) atoms. The Morgan fingerprint density at radius 2 is 2.00 bits per heavy atom. The molecular weight excluding hydrogens is 266 g/mol. The quantitative estimate of drug-likeness (QED) is 0.848. The minimum absolute atomic E-state index is 0.0605. The molecule has 0 bridgehead atoms. The Balaban J connectivity index is 2.42. The lowest BCUT2D eigenvalue weighted by molar-refractivity contribution is 0.333. The highest BCUT2D eigenvalue weighted by Gasteiger charge is 2.19. The molecule has 2 rings (SSSR count). The summed E-state index contributed by atoms with van der Waals surface area (Å²) in [6, 6.07) is 9.78. The fraction of sp³-hybridized carbons (Fsp3) is 0.375. The highest BCUT2D eigenvalue weighted by molar-refractivity contribution is 5.40. The Morgan fingerprint density at radius 1 is 1.19 bits per heavy atom. The summed E-state index contributed by atoms with van der Waals surface area (Å²) >= 11 is 0. The molecule has 2 aromatic rings. The molecular formula is C16H21N3O2. The molecule has 112 valence electrons. The van der Waals surface area contributed by atoms with Gasteiger partial charge < -0.3 is 14.8 Å². The van der Waals surface area contributed by atoms with Crippen molar-refractivity contribution in [3.05, 3.63) is 47.9 Å². The molecule has 1 heterocycles. The van der Waals surface area contributed by atoms with E-state index in [0.717, 1.165) is 23.6 Å². The van der Waals surface area contributed by atoms with Gasteiger partial charge in [0, 0.05) is 11.6 Å². The number of methoxy groups -OCH3 is 1. The molecule has 0 radical (unpaired) electrons. The Kier molecular flexibility index (Phi) is 5.51. The first-order valence-corrected chi connectivity index (χ1v) is 7.11. The zero-order chi connectivity index (χ0) is 15.1. The maximum Gasteiger partial charge on any atom is 0.216 e. The summed E-state index contributed by atoms with van der Waals surface area (Å²) < 4.78 is 10.9. The van der Waals surface area contributed by atoms with E-state index in [-0.39, 0.29) is 6.04 Å². The van der Waals surface area contributed by atoms with Gasteiger partial charge in [-0.25, -0.2) is 9.97 Å². The van der Waals surface area contributed by atoms with E-state index in [2.05, 4.69) is 22.2 Å². The highest BCUT2D eigenvalue weighted by Crippen LogP contribution is 2.29. The fourth-order valence-electron chi connectivity index (χ4n) is 2.21. The van der Waals surface area contributed by atoms with Crippen LogP contribution in [0, 0.1) is 0 Å². The average Bonchev–Trinajstić information content (AvgIpc) is 2.54. The molecule has 1 unspecified atom stereocenters. The van der Waals surface area contributed by atoms with Crippen LogP contribution in [0.15, 0.2) is 36.7 Å². The lowest BCUT2D eigenvalue weighted by atomic mass is 10.0. The summed E-state index contributed by atoms with van der Waals surface area (Å²) in [5.74, 6) is 1.42. The van der Waals surface area contributed by atoms with Crippen molar-refractivity contribution >= 4 is 0 Å². The zero-order valence-electron chi connectivity index (χ0n) is 12.7. The molecule has 0 saturated heterocycles. The number of para-hydroxylation sites is 1. The number of benzene rings is 1. The van der Waals surface area contributed by atoms with Crippen molar-refractivity contribution in [3.8, 4) is 11.6 Å². The Hall–Kier alpha value is -2.14. The van der Waals surface area contributed by atoms with Crippen molar-refractivity contribution in [2.24, 2.45) is 0 Å². The summed E-state index contributed by atoms with van der Waals surface area (Å²) in [4.78, 5) is 8.44. The largest absolute Gasteiger partial charge is 0.494 e. The number of ether oxygens (including phenoxy) is 2.